The predicted molar refractivity (Wildman–Crippen MR) is 94.3 cm³/mol. The van der Waals surface area contributed by atoms with Gasteiger partial charge in [0.05, 0.1) is 19.3 Å². The van der Waals surface area contributed by atoms with Crippen LogP contribution in [0.3, 0.4) is 0 Å². The van der Waals surface area contributed by atoms with Crippen LogP contribution in [0.5, 0.6) is 5.75 Å². The number of carbonyl (C=O) groups excluding carboxylic acids is 1. The summed E-state index contributed by atoms with van der Waals surface area (Å²) in [5.41, 5.74) is 2.17. The average molecular weight is 351 g/mol. The molecule has 0 saturated carbocycles. The highest BCUT2D eigenvalue weighted by Crippen LogP contribution is 2.30. The maximum Gasteiger partial charge on any atom is 0.239 e. The number of halogens is 2. The molecule has 0 unspecified atom stereocenters. The summed E-state index contributed by atoms with van der Waals surface area (Å²) in [6, 6.07) is 10.1. The Kier molecular flexibility index (Phi) is 6.44. The number of amides is 1. The summed E-state index contributed by atoms with van der Waals surface area (Å²) in [6.07, 6.45) is 0.446. The van der Waals surface area contributed by atoms with E-state index < -0.39 is 0 Å². The van der Waals surface area contributed by atoms with Crippen LogP contribution in [0.2, 0.25) is 5.02 Å². The van der Waals surface area contributed by atoms with Crippen molar-refractivity contribution >= 4 is 23.2 Å². The number of anilines is 1. The molecule has 0 atom stereocenters. The molecule has 0 aliphatic heterocycles. The first-order valence-corrected chi connectivity index (χ1v) is 7.97. The number of rotatable bonds is 7. The molecule has 24 heavy (non-hydrogen) atoms. The molecule has 0 saturated heterocycles. The largest absolute Gasteiger partial charge is 0.495 e. The van der Waals surface area contributed by atoms with Crippen LogP contribution in [0.4, 0.5) is 10.1 Å². The lowest BCUT2D eigenvalue weighted by molar-refractivity contribution is -0.119. The van der Waals surface area contributed by atoms with Gasteiger partial charge in [-0.2, -0.15) is 0 Å². The summed E-state index contributed by atoms with van der Waals surface area (Å²) in [4.78, 5) is 11.9. The molecule has 1 amide bonds. The topological polar surface area (TPSA) is 50.4 Å². The number of nitrogens with one attached hydrogen (secondary N) is 2. The molecule has 0 fully saturated rings. The van der Waals surface area contributed by atoms with E-state index in [0.717, 1.165) is 5.56 Å². The maximum absolute atomic E-state index is 13.5. The predicted octanol–water partition coefficient (Wildman–Crippen LogP) is 3.57. The van der Waals surface area contributed by atoms with Gasteiger partial charge < -0.3 is 15.4 Å². The van der Waals surface area contributed by atoms with E-state index in [1.54, 1.807) is 31.4 Å². The lowest BCUT2D eigenvalue weighted by Gasteiger charge is -2.13. The Balaban J connectivity index is 1.83. The first-order chi connectivity index (χ1) is 11.5. The van der Waals surface area contributed by atoms with Crippen molar-refractivity contribution in [2.45, 2.75) is 13.3 Å². The van der Waals surface area contributed by atoms with Crippen molar-refractivity contribution in [1.29, 1.82) is 0 Å². The van der Waals surface area contributed by atoms with Gasteiger partial charge in [-0.25, -0.2) is 4.39 Å². The zero-order valence-corrected chi connectivity index (χ0v) is 14.4. The molecule has 0 spiro atoms. The number of hydrogen-bond acceptors (Lipinski definition) is 3. The Hall–Kier alpha value is -2.27. The summed E-state index contributed by atoms with van der Waals surface area (Å²) in [6.45, 7) is 2.34. The molecule has 2 N–H and O–H groups in total. The molecule has 0 radical (unpaired) electrons. The molecule has 2 aromatic rings. The number of ether oxygens (including phenoxy) is 1. The zero-order valence-electron chi connectivity index (χ0n) is 13.7. The molecule has 0 aromatic heterocycles. The van der Waals surface area contributed by atoms with Gasteiger partial charge in [0.2, 0.25) is 5.91 Å². The lowest BCUT2D eigenvalue weighted by Crippen LogP contribution is -2.31. The van der Waals surface area contributed by atoms with Crippen LogP contribution in [0.1, 0.15) is 11.1 Å². The van der Waals surface area contributed by atoms with Gasteiger partial charge in [-0.15, -0.1) is 0 Å². The second-order valence-electron chi connectivity index (χ2n) is 5.35. The van der Waals surface area contributed by atoms with Crippen LogP contribution in [-0.4, -0.2) is 26.1 Å². The van der Waals surface area contributed by atoms with Gasteiger partial charge in [0.1, 0.15) is 11.6 Å². The molecular formula is C18H20ClFN2O2. The van der Waals surface area contributed by atoms with Gasteiger partial charge in [-0.1, -0.05) is 29.8 Å². The summed E-state index contributed by atoms with van der Waals surface area (Å²) in [7, 11) is 1.54. The Morgan fingerprint density at radius 2 is 2.04 bits per heavy atom. The number of hydrogen-bond donors (Lipinski definition) is 2. The molecule has 0 aliphatic carbocycles. The van der Waals surface area contributed by atoms with E-state index in [9.17, 15) is 9.18 Å². The number of methoxy groups -OCH3 is 1. The highest BCUT2D eigenvalue weighted by Gasteiger charge is 2.09. The molecule has 0 aliphatic rings. The van der Waals surface area contributed by atoms with E-state index >= 15 is 0 Å². The Labute approximate surface area is 146 Å². The maximum atomic E-state index is 13.5. The van der Waals surface area contributed by atoms with Crippen LogP contribution in [0.15, 0.2) is 36.4 Å². The normalized spacial score (nSPS) is 10.3. The van der Waals surface area contributed by atoms with E-state index in [4.69, 9.17) is 16.3 Å². The Bertz CT molecular complexity index is 722. The standard InChI is InChI=1S/C18H20ClFN2O2/c1-12-9-16(17(24-2)10-14(12)19)22-11-18(23)21-8-7-13-5-3-4-6-15(13)20/h3-6,9-10,22H,7-8,11H2,1-2H3,(H,21,23). The third-order valence-electron chi connectivity index (χ3n) is 3.59. The quantitative estimate of drug-likeness (QED) is 0.802. The fourth-order valence-corrected chi connectivity index (χ4v) is 2.40. The van der Waals surface area contributed by atoms with Crippen LogP contribution in [0, 0.1) is 12.7 Å². The van der Waals surface area contributed by atoms with Crippen LogP contribution in [0.25, 0.3) is 0 Å². The summed E-state index contributed by atoms with van der Waals surface area (Å²) >= 11 is 6.05. The van der Waals surface area contributed by atoms with Crippen LogP contribution in [-0.2, 0) is 11.2 Å². The highest BCUT2D eigenvalue weighted by molar-refractivity contribution is 6.31. The Morgan fingerprint density at radius 1 is 1.29 bits per heavy atom. The third kappa shape index (κ3) is 4.86. The van der Waals surface area contributed by atoms with Gasteiger partial charge in [0.15, 0.2) is 0 Å². The van der Waals surface area contributed by atoms with Gasteiger partial charge >= 0.3 is 0 Å². The molecule has 6 heteroatoms. The monoisotopic (exact) mass is 350 g/mol. The van der Waals surface area contributed by atoms with Gasteiger partial charge in [0.25, 0.3) is 0 Å². The van der Waals surface area contributed by atoms with Crippen LogP contribution >= 0.6 is 11.6 Å². The molecule has 2 rings (SSSR count). The first-order valence-electron chi connectivity index (χ1n) is 7.59. The minimum Gasteiger partial charge on any atom is -0.495 e. The van der Waals surface area contributed by atoms with E-state index in [2.05, 4.69) is 10.6 Å². The summed E-state index contributed by atoms with van der Waals surface area (Å²) < 4.78 is 18.7. The molecule has 2 aromatic carbocycles. The van der Waals surface area contributed by atoms with Crippen molar-refractivity contribution in [3.8, 4) is 5.75 Å². The van der Waals surface area contributed by atoms with Crippen molar-refractivity contribution < 1.29 is 13.9 Å². The number of carbonyl (C=O) groups is 1. The van der Waals surface area contributed by atoms with E-state index in [0.29, 0.717) is 35.0 Å². The number of aryl methyl sites for hydroxylation is 1. The first kappa shape index (κ1) is 18.1. The van der Waals surface area contributed by atoms with E-state index in [1.165, 1.54) is 6.07 Å². The zero-order chi connectivity index (χ0) is 17.5. The van der Waals surface area contributed by atoms with E-state index in [-0.39, 0.29) is 18.3 Å². The third-order valence-corrected chi connectivity index (χ3v) is 4.00. The molecule has 128 valence electrons. The van der Waals surface area contributed by atoms with Crippen molar-refractivity contribution in [3.05, 3.63) is 58.4 Å². The molecule has 4 nitrogen and oxygen atoms in total. The van der Waals surface area contributed by atoms with Crippen molar-refractivity contribution in [2.75, 3.05) is 25.5 Å². The summed E-state index contributed by atoms with van der Waals surface area (Å²) in [5, 5.41) is 6.38. The summed E-state index contributed by atoms with van der Waals surface area (Å²) in [5.74, 6) is 0.136. The fourth-order valence-electron chi connectivity index (χ4n) is 2.25. The van der Waals surface area contributed by atoms with Gasteiger partial charge in [-0.3, -0.25) is 4.79 Å². The minimum absolute atomic E-state index is 0.0920. The van der Waals surface area contributed by atoms with Gasteiger partial charge in [0, 0.05) is 17.6 Å². The molecular weight excluding hydrogens is 331 g/mol. The molecule has 0 heterocycles. The Morgan fingerprint density at radius 3 is 2.75 bits per heavy atom. The lowest BCUT2D eigenvalue weighted by atomic mass is 10.1. The highest BCUT2D eigenvalue weighted by atomic mass is 35.5. The SMILES string of the molecule is COc1cc(Cl)c(C)cc1NCC(=O)NCCc1ccccc1F. The van der Waals surface area contributed by atoms with Gasteiger partial charge in [-0.05, 0) is 36.6 Å². The smallest absolute Gasteiger partial charge is 0.239 e. The second kappa shape index (κ2) is 8.55. The second-order valence-corrected chi connectivity index (χ2v) is 5.75. The van der Waals surface area contributed by atoms with Crippen molar-refractivity contribution in [2.24, 2.45) is 0 Å². The number of benzene rings is 2. The molecule has 0 bridgehead atoms. The van der Waals surface area contributed by atoms with Crippen molar-refractivity contribution in [1.82, 2.24) is 5.32 Å². The van der Waals surface area contributed by atoms with Crippen molar-refractivity contribution in [3.63, 3.8) is 0 Å². The minimum atomic E-state index is -0.258. The van der Waals surface area contributed by atoms with Crippen LogP contribution < -0.4 is 15.4 Å². The van der Waals surface area contributed by atoms with E-state index in [1.807, 2.05) is 13.0 Å². The average Bonchev–Trinajstić information content (AvgIpc) is 2.57. The fraction of sp³-hybridized carbons (Fsp3) is 0.278.